The molecule has 2 aromatic rings. The van der Waals surface area contributed by atoms with Crippen LogP contribution in [0, 0.1) is 0 Å². The highest BCUT2D eigenvalue weighted by atomic mass is 16.5. The fraction of sp³-hybridized carbons (Fsp3) is 0.133. The van der Waals surface area contributed by atoms with Crippen LogP contribution in [0.25, 0.3) is 6.08 Å². The molecule has 0 bridgehead atoms. The maximum atomic E-state index is 11.3. The molecule has 20 heavy (non-hydrogen) atoms. The van der Waals surface area contributed by atoms with Gasteiger partial charge in [-0.25, -0.2) is 5.84 Å². The zero-order chi connectivity index (χ0) is 14.4. The molecule has 2 rings (SSSR count). The number of hydrogen-bond acceptors (Lipinski definition) is 4. The van der Waals surface area contributed by atoms with Gasteiger partial charge in [0, 0.05) is 5.56 Å². The van der Waals surface area contributed by atoms with E-state index in [4.69, 9.17) is 15.0 Å². The van der Waals surface area contributed by atoms with E-state index >= 15 is 0 Å². The first kappa shape index (κ1) is 13.9. The van der Waals surface area contributed by atoms with Crippen LogP contribution in [0.3, 0.4) is 0 Å². The topological polar surface area (TPSA) is 77.5 Å². The van der Waals surface area contributed by atoms with Crippen molar-refractivity contribution >= 4 is 12.0 Å². The number of nitrogens with two attached hydrogens (primary N) is 1. The molecule has 5 nitrogen and oxygen atoms in total. The summed E-state index contributed by atoms with van der Waals surface area (Å²) in [5.41, 5.74) is 3.00. The Kier molecular flexibility index (Phi) is 4.57. The summed E-state index contributed by atoms with van der Waals surface area (Å²) in [4.78, 5) is 11.3. The lowest BCUT2D eigenvalue weighted by molar-refractivity contribution is 0.0922. The van der Waals surface area contributed by atoms with Crippen LogP contribution < -0.4 is 16.0 Å². The fourth-order valence-electron chi connectivity index (χ4n) is 1.73. The minimum absolute atomic E-state index is 0.160. The number of hydrazine groups is 1. The lowest BCUT2D eigenvalue weighted by atomic mass is 10.2. The molecule has 0 atom stereocenters. The number of nitrogen functional groups attached to an aromatic ring is 1. The normalized spacial score (nSPS) is 10.7. The molecule has 0 saturated carbocycles. The Bertz CT molecular complexity index is 617. The number of allylic oxidation sites excluding steroid dienone is 1. The largest absolute Gasteiger partial charge is 0.485 e. The van der Waals surface area contributed by atoms with Gasteiger partial charge >= 0.3 is 5.91 Å². The highest BCUT2D eigenvalue weighted by molar-refractivity contribution is 5.90. The van der Waals surface area contributed by atoms with Crippen molar-refractivity contribution in [1.82, 2.24) is 5.43 Å². The van der Waals surface area contributed by atoms with Gasteiger partial charge in [0.1, 0.15) is 18.1 Å². The van der Waals surface area contributed by atoms with Crippen LogP contribution in [-0.2, 0) is 6.61 Å². The zero-order valence-corrected chi connectivity index (χ0v) is 11.1. The van der Waals surface area contributed by atoms with Gasteiger partial charge in [0.15, 0.2) is 5.76 Å². The molecular weight excluding hydrogens is 256 g/mol. The third kappa shape index (κ3) is 3.27. The highest BCUT2D eigenvalue weighted by Gasteiger charge is 2.10. The maximum Gasteiger partial charge on any atom is 0.300 e. The van der Waals surface area contributed by atoms with Crippen molar-refractivity contribution in [2.75, 3.05) is 0 Å². The van der Waals surface area contributed by atoms with E-state index in [1.165, 1.54) is 0 Å². The van der Waals surface area contributed by atoms with E-state index in [1.807, 2.05) is 48.8 Å². The van der Waals surface area contributed by atoms with Crippen LogP contribution in [0.1, 0.15) is 28.8 Å². The number of ether oxygens (including phenoxy) is 1. The predicted molar refractivity (Wildman–Crippen MR) is 75.8 cm³/mol. The Morgan fingerprint density at radius 3 is 2.90 bits per heavy atom. The Morgan fingerprint density at radius 2 is 2.15 bits per heavy atom. The first-order chi connectivity index (χ1) is 9.74. The smallest absolute Gasteiger partial charge is 0.300 e. The second-order valence-electron chi connectivity index (χ2n) is 4.07. The van der Waals surface area contributed by atoms with Gasteiger partial charge < -0.3 is 9.15 Å². The Hall–Kier alpha value is -2.53. The number of rotatable bonds is 5. The summed E-state index contributed by atoms with van der Waals surface area (Å²) in [6.45, 7) is 2.19. The molecule has 1 aromatic heterocycles. The molecule has 0 aliphatic rings. The number of carbonyl (C=O) groups is 1. The molecule has 5 heteroatoms. The first-order valence-electron chi connectivity index (χ1n) is 6.18. The summed E-state index contributed by atoms with van der Waals surface area (Å²) in [7, 11) is 0. The van der Waals surface area contributed by atoms with E-state index in [0.29, 0.717) is 5.76 Å². The van der Waals surface area contributed by atoms with E-state index in [2.05, 4.69) is 0 Å². The summed E-state index contributed by atoms with van der Waals surface area (Å²) >= 11 is 0. The van der Waals surface area contributed by atoms with Crippen molar-refractivity contribution in [3.05, 3.63) is 59.6 Å². The second kappa shape index (κ2) is 6.58. The summed E-state index contributed by atoms with van der Waals surface area (Å²) < 4.78 is 11.0. The molecule has 0 fully saturated rings. The first-order valence-corrected chi connectivity index (χ1v) is 6.18. The van der Waals surface area contributed by atoms with E-state index in [0.717, 1.165) is 11.3 Å². The van der Waals surface area contributed by atoms with Gasteiger partial charge in [-0.05, 0) is 25.1 Å². The van der Waals surface area contributed by atoms with Crippen LogP contribution in [0.4, 0.5) is 0 Å². The molecular formula is C15H16N2O3. The third-order valence-corrected chi connectivity index (χ3v) is 2.65. The summed E-state index contributed by atoms with van der Waals surface area (Å²) in [5.74, 6) is 6.04. The Morgan fingerprint density at radius 1 is 1.35 bits per heavy atom. The van der Waals surface area contributed by atoms with Crippen LogP contribution in [0.5, 0.6) is 5.75 Å². The average Bonchev–Trinajstić information content (AvgIpc) is 2.95. The minimum Gasteiger partial charge on any atom is -0.485 e. The van der Waals surface area contributed by atoms with Gasteiger partial charge in [-0.3, -0.25) is 10.2 Å². The van der Waals surface area contributed by atoms with Crippen LogP contribution in [0.2, 0.25) is 0 Å². The number of furan rings is 1. The standard InChI is InChI=1S/C15H16N2O3/c1-2-5-11-6-3-4-7-13(11)19-10-12-8-9-14(20-12)15(18)17-16/h2-9H,10,16H2,1H3,(H,17,18). The number of benzene rings is 1. The predicted octanol–water partition coefficient (Wildman–Crippen LogP) is 2.50. The Balaban J connectivity index is 2.05. The molecule has 0 saturated heterocycles. The summed E-state index contributed by atoms with van der Waals surface area (Å²) in [5, 5.41) is 0. The number of carbonyl (C=O) groups excluding carboxylic acids is 1. The third-order valence-electron chi connectivity index (χ3n) is 2.65. The summed E-state index contributed by atoms with van der Waals surface area (Å²) in [6.07, 6.45) is 3.91. The number of nitrogens with one attached hydrogen (secondary N) is 1. The van der Waals surface area contributed by atoms with Gasteiger partial charge in [0.2, 0.25) is 0 Å². The molecule has 1 amide bonds. The molecule has 1 heterocycles. The Labute approximate surface area is 117 Å². The second-order valence-corrected chi connectivity index (χ2v) is 4.07. The molecule has 0 aliphatic heterocycles. The SMILES string of the molecule is CC=Cc1ccccc1OCc1ccc(C(=O)NN)o1. The molecule has 0 radical (unpaired) electrons. The van der Waals surface area contributed by atoms with Crippen LogP contribution >= 0.6 is 0 Å². The van der Waals surface area contributed by atoms with Crippen molar-refractivity contribution in [3.63, 3.8) is 0 Å². The molecule has 1 aromatic carbocycles. The van der Waals surface area contributed by atoms with Gasteiger partial charge in [0.25, 0.3) is 0 Å². The van der Waals surface area contributed by atoms with Crippen LogP contribution in [0.15, 0.2) is 46.9 Å². The quantitative estimate of drug-likeness (QED) is 0.498. The fourth-order valence-corrected chi connectivity index (χ4v) is 1.73. The minimum atomic E-state index is -0.467. The number of amides is 1. The van der Waals surface area contributed by atoms with E-state index < -0.39 is 5.91 Å². The van der Waals surface area contributed by atoms with Crippen molar-refractivity contribution in [2.24, 2.45) is 5.84 Å². The van der Waals surface area contributed by atoms with Crippen molar-refractivity contribution in [1.29, 1.82) is 0 Å². The van der Waals surface area contributed by atoms with Gasteiger partial charge in [0.05, 0.1) is 0 Å². The van der Waals surface area contributed by atoms with Crippen LogP contribution in [-0.4, -0.2) is 5.91 Å². The van der Waals surface area contributed by atoms with E-state index in [-0.39, 0.29) is 12.4 Å². The zero-order valence-electron chi connectivity index (χ0n) is 11.1. The molecule has 3 N–H and O–H groups in total. The molecule has 0 aliphatic carbocycles. The maximum absolute atomic E-state index is 11.3. The van der Waals surface area contributed by atoms with E-state index in [1.54, 1.807) is 12.1 Å². The van der Waals surface area contributed by atoms with Crippen molar-refractivity contribution in [3.8, 4) is 5.75 Å². The highest BCUT2D eigenvalue weighted by Crippen LogP contribution is 2.21. The molecule has 104 valence electrons. The molecule has 0 unspecified atom stereocenters. The van der Waals surface area contributed by atoms with Crippen molar-refractivity contribution in [2.45, 2.75) is 13.5 Å². The van der Waals surface area contributed by atoms with Gasteiger partial charge in [-0.15, -0.1) is 0 Å². The molecule has 0 spiro atoms. The lowest BCUT2D eigenvalue weighted by Crippen LogP contribution is -2.29. The number of para-hydroxylation sites is 1. The van der Waals surface area contributed by atoms with Gasteiger partial charge in [-0.2, -0.15) is 0 Å². The summed E-state index contributed by atoms with van der Waals surface area (Å²) in [6, 6.07) is 10.9. The average molecular weight is 272 g/mol. The van der Waals surface area contributed by atoms with Crippen molar-refractivity contribution < 1.29 is 13.9 Å². The monoisotopic (exact) mass is 272 g/mol. The van der Waals surface area contributed by atoms with Gasteiger partial charge in [-0.1, -0.05) is 30.4 Å². The lowest BCUT2D eigenvalue weighted by Gasteiger charge is -2.07. The van der Waals surface area contributed by atoms with E-state index in [9.17, 15) is 4.79 Å². The number of hydrogen-bond donors (Lipinski definition) is 2.